The van der Waals surface area contributed by atoms with Crippen molar-refractivity contribution in [2.45, 2.75) is 12.5 Å². The molecule has 2 heterocycles. The molecule has 0 fully saturated rings. The van der Waals surface area contributed by atoms with Gasteiger partial charge in [0.2, 0.25) is 0 Å². The van der Waals surface area contributed by atoms with E-state index < -0.39 is 5.97 Å². The Balaban J connectivity index is 2.38. The molecule has 1 aliphatic heterocycles. The average molecular weight is 213 g/mol. The Bertz CT molecular complexity index is 361. The van der Waals surface area contributed by atoms with Gasteiger partial charge in [-0.1, -0.05) is 0 Å². The number of carboxylic acid groups (broad SMARTS) is 1. The number of thiophene rings is 1. The van der Waals surface area contributed by atoms with Crippen LogP contribution in [0.25, 0.3) is 0 Å². The third kappa shape index (κ3) is 1.54. The molecule has 0 saturated carbocycles. The van der Waals surface area contributed by atoms with E-state index in [1.165, 1.54) is 11.3 Å². The lowest BCUT2D eigenvalue weighted by molar-refractivity contribution is 0.0497. The van der Waals surface area contributed by atoms with Gasteiger partial charge in [-0.2, -0.15) is 0 Å². The van der Waals surface area contributed by atoms with Gasteiger partial charge in [0.05, 0.1) is 12.7 Å². The normalized spacial score (nSPS) is 20.5. The molecule has 76 valence electrons. The Morgan fingerprint density at radius 3 is 3.21 bits per heavy atom. The highest BCUT2D eigenvalue weighted by molar-refractivity contribution is 7.14. The van der Waals surface area contributed by atoms with E-state index in [0.717, 1.165) is 16.9 Å². The molecule has 1 aromatic heterocycles. The van der Waals surface area contributed by atoms with Gasteiger partial charge in [-0.25, -0.2) is 4.79 Å². The predicted octanol–water partition coefficient (Wildman–Crippen LogP) is 1.02. The standard InChI is InChI=1S/C9H11NO3S/c10-4-6-5-3-8(9(11)12)14-7(5)1-2-13-6/h3,6H,1-2,4,10H2,(H,11,12). The minimum Gasteiger partial charge on any atom is -0.477 e. The second kappa shape index (κ2) is 3.68. The molecule has 1 unspecified atom stereocenters. The van der Waals surface area contributed by atoms with Gasteiger partial charge in [0.15, 0.2) is 0 Å². The zero-order chi connectivity index (χ0) is 10.1. The molecule has 0 amide bonds. The van der Waals surface area contributed by atoms with Crippen molar-refractivity contribution in [3.05, 3.63) is 21.4 Å². The first kappa shape index (κ1) is 9.64. The Hall–Kier alpha value is -0.910. The lowest BCUT2D eigenvalue weighted by Gasteiger charge is -2.21. The molecule has 14 heavy (non-hydrogen) atoms. The molecule has 0 radical (unpaired) electrons. The zero-order valence-electron chi connectivity index (χ0n) is 7.53. The molecule has 1 aromatic rings. The highest BCUT2D eigenvalue weighted by Gasteiger charge is 2.24. The summed E-state index contributed by atoms with van der Waals surface area (Å²) in [5.74, 6) is -0.875. The van der Waals surface area contributed by atoms with Crippen LogP contribution >= 0.6 is 11.3 Å². The number of nitrogens with two attached hydrogens (primary N) is 1. The number of ether oxygens (including phenoxy) is 1. The van der Waals surface area contributed by atoms with Gasteiger partial charge in [0.1, 0.15) is 4.88 Å². The summed E-state index contributed by atoms with van der Waals surface area (Å²) < 4.78 is 5.44. The fourth-order valence-electron chi connectivity index (χ4n) is 1.59. The smallest absolute Gasteiger partial charge is 0.345 e. The molecule has 1 aliphatic rings. The van der Waals surface area contributed by atoms with Crippen LogP contribution in [-0.2, 0) is 11.2 Å². The predicted molar refractivity (Wildman–Crippen MR) is 52.7 cm³/mol. The van der Waals surface area contributed by atoms with Crippen LogP contribution in [-0.4, -0.2) is 24.2 Å². The van der Waals surface area contributed by atoms with Gasteiger partial charge in [-0.15, -0.1) is 11.3 Å². The van der Waals surface area contributed by atoms with Crippen molar-refractivity contribution < 1.29 is 14.6 Å². The van der Waals surface area contributed by atoms with Gasteiger partial charge < -0.3 is 15.6 Å². The van der Waals surface area contributed by atoms with Crippen LogP contribution in [0, 0.1) is 0 Å². The second-order valence-corrected chi connectivity index (χ2v) is 4.28. The van der Waals surface area contributed by atoms with Crippen molar-refractivity contribution in [1.82, 2.24) is 0 Å². The number of fused-ring (bicyclic) bond motifs is 1. The average Bonchev–Trinajstić information content (AvgIpc) is 2.60. The molecule has 0 saturated heterocycles. The van der Waals surface area contributed by atoms with E-state index in [4.69, 9.17) is 15.6 Å². The SMILES string of the molecule is NCC1OCCc2sc(C(=O)O)cc21. The molecular formula is C9H11NO3S. The van der Waals surface area contributed by atoms with Crippen LogP contribution in [0.4, 0.5) is 0 Å². The maximum Gasteiger partial charge on any atom is 0.345 e. The molecule has 1 atom stereocenters. The third-order valence-electron chi connectivity index (χ3n) is 2.26. The monoisotopic (exact) mass is 213 g/mol. The van der Waals surface area contributed by atoms with Crippen LogP contribution in [0.3, 0.4) is 0 Å². The van der Waals surface area contributed by atoms with Crippen LogP contribution < -0.4 is 5.73 Å². The second-order valence-electron chi connectivity index (χ2n) is 3.14. The van der Waals surface area contributed by atoms with Gasteiger partial charge in [0, 0.05) is 17.8 Å². The summed E-state index contributed by atoms with van der Waals surface area (Å²) >= 11 is 1.33. The van der Waals surface area contributed by atoms with Crippen LogP contribution in [0.5, 0.6) is 0 Å². The number of carbonyl (C=O) groups is 1. The van der Waals surface area contributed by atoms with E-state index in [-0.39, 0.29) is 6.10 Å². The van der Waals surface area contributed by atoms with Crippen molar-refractivity contribution in [3.8, 4) is 0 Å². The minimum absolute atomic E-state index is 0.122. The lowest BCUT2D eigenvalue weighted by Crippen LogP contribution is -2.21. The lowest BCUT2D eigenvalue weighted by atomic mass is 10.1. The molecular weight excluding hydrogens is 202 g/mol. The van der Waals surface area contributed by atoms with E-state index in [9.17, 15) is 4.79 Å². The van der Waals surface area contributed by atoms with E-state index in [1.54, 1.807) is 6.07 Å². The largest absolute Gasteiger partial charge is 0.477 e. The zero-order valence-corrected chi connectivity index (χ0v) is 8.34. The van der Waals surface area contributed by atoms with Crippen molar-refractivity contribution in [1.29, 1.82) is 0 Å². The van der Waals surface area contributed by atoms with Crippen LogP contribution in [0.1, 0.15) is 26.2 Å². The van der Waals surface area contributed by atoms with Crippen molar-refractivity contribution in [2.75, 3.05) is 13.2 Å². The van der Waals surface area contributed by atoms with E-state index in [1.807, 2.05) is 0 Å². The van der Waals surface area contributed by atoms with Crippen molar-refractivity contribution in [2.24, 2.45) is 5.73 Å². The Morgan fingerprint density at radius 2 is 2.57 bits per heavy atom. The number of rotatable bonds is 2. The Labute approximate surface area is 85.3 Å². The molecule has 4 nitrogen and oxygen atoms in total. The first-order valence-electron chi connectivity index (χ1n) is 4.40. The molecule has 0 aliphatic carbocycles. The molecule has 0 aromatic carbocycles. The minimum atomic E-state index is -0.875. The van der Waals surface area contributed by atoms with E-state index >= 15 is 0 Å². The maximum atomic E-state index is 10.8. The summed E-state index contributed by atoms with van der Waals surface area (Å²) in [4.78, 5) is 12.2. The molecule has 3 N–H and O–H groups in total. The fourth-order valence-corrected chi connectivity index (χ4v) is 2.63. The number of carboxylic acids is 1. The molecule has 2 rings (SSSR count). The molecule has 0 bridgehead atoms. The fraction of sp³-hybridized carbons (Fsp3) is 0.444. The molecule has 5 heteroatoms. The van der Waals surface area contributed by atoms with Gasteiger partial charge in [0.25, 0.3) is 0 Å². The third-order valence-corrected chi connectivity index (χ3v) is 3.46. The number of hydrogen-bond acceptors (Lipinski definition) is 4. The van der Waals surface area contributed by atoms with Gasteiger partial charge in [-0.05, 0) is 11.6 Å². The van der Waals surface area contributed by atoms with Gasteiger partial charge in [-0.3, -0.25) is 0 Å². The Morgan fingerprint density at radius 1 is 1.79 bits per heavy atom. The van der Waals surface area contributed by atoms with E-state index in [2.05, 4.69) is 0 Å². The number of aromatic carboxylic acids is 1. The highest BCUT2D eigenvalue weighted by atomic mass is 32.1. The topological polar surface area (TPSA) is 72.5 Å². The summed E-state index contributed by atoms with van der Waals surface area (Å²) in [6, 6.07) is 1.68. The summed E-state index contributed by atoms with van der Waals surface area (Å²) in [5, 5.41) is 8.83. The summed E-state index contributed by atoms with van der Waals surface area (Å²) in [6.07, 6.45) is 0.673. The first-order valence-corrected chi connectivity index (χ1v) is 5.21. The van der Waals surface area contributed by atoms with Crippen molar-refractivity contribution in [3.63, 3.8) is 0 Å². The van der Waals surface area contributed by atoms with Crippen molar-refractivity contribution >= 4 is 17.3 Å². The molecule has 0 spiro atoms. The maximum absolute atomic E-state index is 10.8. The quantitative estimate of drug-likeness (QED) is 0.769. The number of hydrogen-bond donors (Lipinski definition) is 2. The van der Waals surface area contributed by atoms with E-state index in [0.29, 0.717) is 18.0 Å². The summed E-state index contributed by atoms with van der Waals surface area (Å²) in [7, 11) is 0. The highest BCUT2D eigenvalue weighted by Crippen LogP contribution is 2.33. The summed E-state index contributed by atoms with van der Waals surface area (Å²) in [5.41, 5.74) is 6.50. The Kier molecular flexibility index (Phi) is 2.54. The first-order chi connectivity index (χ1) is 6.72. The van der Waals surface area contributed by atoms with Crippen LogP contribution in [0.15, 0.2) is 6.07 Å². The van der Waals surface area contributed by atoms with Crippen LogP contribution in [0.2, 0.25) is 0 Å². The summed E-state index contributed by atoms with van der Waals surface area (Å²) in [6.45, 7) is 1.04. The van der Waals surface area contributed by atoms with Gasteiger partial charge >= 0.3 is 5.97 Å².